The third kappa shape index (κ3) is 28.7. The van der Waals surface area contributed by atoms with Gasteiger partial charge in [0.15, 0.2) is 0 Å². The second-order valence-corrected chi connectivity index (χ2v) is 13.4. The smallest absolute Gasteiger partial charge is 0.242 e. The number of hydrogen-bond donors (Lipinski definition) is 0. The van der Waals surface area contributed by atoms with E-state index >= 15 is 0 Å². The van der Waals surface area contributed by atoms with E-state index in [9.17, 15) is 0 Å². The fraction of sp³-hybridized carbons (Fsp3) is 0.854. The molecule has 4 nitrogen and oxygen atoms in total. The van der Waals surface area contributed by atoms with Gasteiger partial charge < -0.3 is 9.47 Å². The summed E-state index contributed by atoms with van der Waals surface area (Å²) >= 11 is 0. The Morgan fingerprint density at radius 3 is 1.02 bits per heavy atom. The molecular weight excluding hydrogens is 552 g/mol. The number of aliphatic imine (C=N–C) groups is 2. The predicted molar refractivity (Wildman–Crippen MR) is 200 cm³/mol. The lowest BCUT2D eigenvalue weighted by Crippen LogP contribution is -2.34. The third-order valence-electron chi connectivity index (χ3n) is 8.88. The van der Waals surface area contributed by atoms with Crippen molar-refractivity contribution in [1.82, 2.24) is 0 Å². The van der Waals surface area contributed by atoms with Crippen molar-refractivity contribution >= 4 is 12.4 Å². The summed E-state index contributed by atoms with van der Waals surface area (Å²) in [5, 5.41) is 0. The molecule has 1 aliphatic rings. The summed E-state index contributed by atoms with van der Waals surface area (Å²) < 4.78 is 11.8. The van der Waals surface area contributed by atoms with Crippen LogP contribution in [0, 0.1) is 0 Å². The molecule has 0 aromatic heterocycles. The molecular formula is C41H76N2O2. The molecule has 1 aliphatic heterocycles. The molecule has 0 unspecified atom stereocenters. The maximum absolute atomic E-state index is 5.88. The van der Waals surface area contributed by atoms with Crippen molar-refractivity contribution in [3.8, 4) is 0 Å². The number of rotatable bonds is 34. The summed E-state index contributed by atoms with van der Waals surface area (Å²) in [6, 6.07) is 0. The van der Waals surface area contributed by atoms with Crippen LogP contribution < -0.4 is 0 Å². The van der Waals surface area contributed by atoms with Gasteiger partial charge in [-0.25, -0.2) is 0 Å². The number of allylic oxidation sites excluding steroid dienone is 4. The lowest BCUT2D eigenvalue weighted by Gasteiger charge is -2.17. The van der Waals surface area contributed by atoms with Crippen LogP contribution >= 0.6 is 0 Å². The Labute approximate surface area is 281 Å². The van der Waals surface area contributed by atoms with Gasteiger partial charge in [0, 0.05) is 13.1 Å². The van der Waals surface area contributed by atoms with Gasteiger partial charge in [0.2, 0.25) is 5.79 Å². The highest BCUT2D eigenvalue weighted by molar-refractivity contribution is 5.91. The molecule has 0 spiro atoms. The van der Waals surface area contributed by atoms with Crippen molar-refractivity contribution in [2.75, 3.05) is 26.3 Å². The van der Waals surface area contributed by atoms with Crippen molar-refractivity contribution in [3.05, 3.63) is 24.3 Å². The molecule has 0 saturated carbocycles. The maximum atomic E-state index is 5.88. The van der Waals surface area contributed by atoms with Crippen molar-refractivity contribution in [1.29, 1.82) is 0 Å². The average Bonchev–Trinajstić information content (AvgIpc) is 3.52. The van der Waals surface area contributed by atoms with Crippen LogP contribution in [0.5, 0.6) is 0 Å². The second-order valence-electron chi connectivity index (χ2n) is 13.4. The second kappa shape index (κ2) is 34.1. The molecule has 262 valence electrons. The van der Waals surface area contributed by atoms with Crippen molar-refractivity contribution < 1.29 is 9.47 Å². The Hall–Kier alpha value is -1.26. The molecule has 0 amide bonds. The minimum absolute atomic E-state index is 0.612. The first-order chi connectivity index (χ1) is 22.3. The molecule has 1 heterocycles. The zero-order valence-electron chi connectivity index (χ0n) is 30.3. The fourth-order valence-corrected chi connectivity index (χ4v) is 5.91. The molecule has 0 aliphatic carbocycles. The lowest BCUT2D eigenvalue weighted by atomic mass is 10.1. The van der Waals surface area contributed by atoms with Crippen LogP contribution in [0.2, 0.25) is 0 Å². The topological polar surface area (TPSA) is 43.2 Å². The highest BCUT2D eigenvalue weighted by Crippen LogP contribution is 2.16. The summed E-state index contributed by atoms with van der Waals surface area (Å²) in [4.78, 5) is 9.29. The van der Waals surface area contributed by atoms with Gasteiger partial charge in [-0.2, -0.15) is 0 Å². The maximum Gasteiger partial charge on any atom is 0.242 e. The van der Waals surface area contributed by atoms with Gasteiger partial charge in [-0.3, -0.25) is 9.98 Å². The Morgan fingerprint density at radius 2 is 0.689 bits per heavy atom. The normalized spacial score (nSPS) is 15.2. The van der Waals surface area contributed by atoms with Crippen molar-refractivity contribution in [2.45, 2.75) is 199 Å². The van der Waals surface area contributed by atoms with Gasteiger partial charge in [-0.05, 0) is 64.2 Å². The van der Waals surface area contributed by atoms with Gasteiger partial charge in [0.05, 0.1) is 25.6 Å². The first-order valence-corrected chi connectivity index (χ1v) is 19.9. The SMILES string of the molecule is CCCCCCCC/C=C\CCCCCCCCN=CC1(C=NCCCCCCCC/C=C\CCCCCCCC)OCCO1. The van der Waals surface area contributed by atoms with E-state index in [-0.39, 0.29) is 0 Å². The molecule has 0 aromatic rings. The molecule has 1 saturated heterocycles. The molecule has 1 rings (SSSR count). The molecule has 0 bridgehead atoms. The van der Waals surface area contributed by atoms with E-state index in [4.69, 9.17) is 9.47 Å². The van der Waals surface area contributed by atoms with E-state index in [1.54, 1.807) is 0 Å². The molecule has 1 fully saturated rings. The zero-order valence-corrected chi connectivity index (χ0v) is 30.3. The standard InChI is InChI=1S/C41H76N2O2/c1-3-5-7-9-11-13-15-17-19-21-23-25-27-29-31-33-35-42-39-41(44-37-38-45-41)40-43-36-34-32-30-28-26-24-22-20-18-16-14-12-10-8-6-4-2/h17-20,39-40H,3-16,21-38H2,1-2H3/b19-17-,20-18-,42-39?,43-40?. The largest absolute Gasteiger partial charge is 0.338 e. The van der Waals surface area contributed by atoms with Crippen molar-refractivity contribution in [3.63, 3.8) is 0 Å². The minimum atomic E-state index is -0.828. The first kappa shape index (κ1) is 41.8. The monoisotopic (exact) mass is 629 g/mol. The summed E-state index contributed by atoms with van der Waals surface area (Å²) in [6.07, 6.45) is 50.5. The summed E-state index contributed by atoms with van der Waals surface area (Å²) in [6.45, 7) is 7.48. The molecule has 0 atom stereocenters. The quantitative estimate of drug-likeness (QED) is 0.0404. The Kier molecular flexibility index (Phi) is 31.6. The number of nitrogens with zero attached hydrogens (tertiary/aromatic N) is 2. The van der Waals surface area contributed by atoms with Crippen molar-refractivity contribution in [2.24, 2.45) is 9.98 Å². The van der Waals surface area contributed by atoms with E-state index < -0.39 is 5.79 Å². The molecule has 0 radical (unpaired) electrons. The third-order valence-corrected chi connectivity index (χ3v) is 8.88. The predicted octanol–water partition coefficient (Wildman–Crippen LogP) is 12.9. The molecule has 4 heteroatoms. The molecule has 45 heavy (non-hydrogen) atoms. The van der Waals surface area contributed by atoms with E-state index in [0.717, 1.165) is 25.9 Å². The minimum Gasteiger partial charge on any atom is -0.338 e. The molecule has 0 aromatic carbocycles. The van der Waals surface area contributed by atoms with E-state index in [2.05, 4.69) is 48.1 Å². The first-order valence-electron chi connectivity index (χ1n) is 19.9. The average molecular weight is 629 g/mol. The highest BCUT2D eigenvalue weighted by atomic mass is 16.7. The van der Waals surface area contributed by atoms with E-state index in [0.29, 0.717) is 13.2 Å². The zero-order chi connectivity index (χ0) is 32.2. The fourth-order valence-electron chi connectivity index (χ4n) is 5.91. The van der Waals surface area contributed by atoms with Crippen LogP contribution in [0.3, 0.4) is 0 Å². The van der Waals surface area contributed by atoms with Crippen LogP contribution in [0.4, 0.5) is 0 Å². The lowest BCUT2D eigenvalue weighted by molar-refractivity contribution is -0.0309. The van der Waals surface area contributed by atoms with Gasteiger partial charge in [0.25, 0.3) is 0 Å². The Morgan fingerprint density at radius 1 is 0.400 bits per heavy atom. The van der Waals surface area contributed by atoms with Crippen LogP contribution in [0.15, 0.2) is 34.3 Å². The number of hydrogen-bond acceptors (Lipinski definition) is 4. The van der Waals surface area contributed by atoms with E-state index in [1.165, 1.54) is 167 Å². The van der Waals surface area contributed by atoms with Gasteiger partial charge in [-0.1, -0.05) is 154 Å². The Bertz CT molecular complexity index is 654. The van der Waals surface area contributed by atoms with Crippen LogP contribution in [0.25, 0.3) is 0 Å². The van der Waals surface area contributed by atoms with Crippen LogP contribution in [-0.4, -0.2) is 44.5 Å². The van der Waals surface area contributed by atoms with Gasteiger partial charge in [0.1, 0.15) is 0 Å². The van der Waals surface area contributed by atoms with Crippen LogP contribution in [0.1, 0.15) is 194 Å². The summed E-state index contributed by atoms with van der Waals surface area (Å²) in [7, 11) is 0. The highest BCUT2D eigenvalue weighted by Gasteiger charge is 2.32. The number of unbranched alkanes of at least 4 members (excludes halogenated alkanes) is 24. The summed E-state index contributed by atoms with van der Waals surface area (Å²) in [5.41, 5.74) is 0. The van der Waals surface area contributed by atoms with Gasteiger partial charge in [-0.15, -0.1) is 0 Å². The van der Waals surface area contributed by atoms with E-state index in [1.807, 2.05) is 12.4 Å². The Balaban J connectivity index is 1.94. The van der Waals surface area contributed by atoms with Crippen LogP contribution in [-0.2, 0) is 9.47 Å². The van der Waals surface area contributed by atoms with Gasteiger partial charge >= 0.3 is 0 Å². The number of ether oxygens (including phenoxy) is 2. The molecule has 0 N–H and O–H groups in total. The summed E-state index contributed by atoms with van der Waals surface area (Å²) in [5.74, 6) is -0.828.